The van der Waals surface area contributed by atoms with Gasteiger partial charge in [0.25, 0.3) is 0 Å². The van der Waals surface area contributed by atoms with Gasteiger partial charge in [-0.3, -0.25) is 0 Å². The molecule has 0 fully saturated rings. The topological polar surface area (TPSA) is 60.6 Å². The summed E-state index contributed by atoms with van der Waals surface area (Å²) in [4.78, 5) is 8.59. The molecule has 24 heavy (non-hydrogen) atoms. The minimum absolute atomic E-state index is 0.607. The third-order valence-corrected chi connectivity index (χ3v) is 4.25. The zero-order valence-corrected chi connectivity index (χ0v) is 13.8. The highest BCUT2D eigenvalue weighted by Gasteiger charge is 2.08. The fourth-order valence-corrected chi connectivity index (χ4v) is 2.94. The molecule has 0 spiro atoms. The summed E-state index contributed by atoms with van der Waals surface area (Å²) >= 11 is 6.35. The van der Waals surface area contributed by atoms with Crippen LogP contribution in [0.2, 0.25) is 5.02 Å². The highest BCUT2D eigenvalue weighted by molar-refractivity contribution is 6.32. The van der Waals surface area contributed by atoms with Crippen molar-refractivity contribution in [2.24, 2.45) is 7.05 Å². The number of nitrogens with zero attached hydrogens (tertiary/aromatic N) is 5. The van der Waals surface area contributed by atoms with Gasteiger partial charge in [0.05, 0.1) is 28.3 Å². The van der Waals surface area contributed by atoms with Gasteiger partial charge in [-0.2, -0.15) is 5.10 Å². The number of rotatable bonds is 4. The summed E-state index contributed by atoms with van der Waals surface area (Å²) in [6.07, 6.45) is 3.10. The standard InChI is InChI=1S/C17H15ClN6/c1-23-16-5-3-2-4-14(16)22-17(23)9-20-12-6-7-15(13(18)8-12)24-11-19-10-21-24/h2-8,10-11,20H,9H2,1H3. The number of aryl methyl sites for hydroxylation is 1. The van der Waals surface area contributed by atoms with Gasteiger partial charge in [0.15, 0.2) is 0 Å². The highest BCUT2D eigenvalue weighted by atomic mass is 35.5. The fraction of sp³-hybridized carbons (Fsp3) is 0.118. The largest absolute Gasteiger partial charge is 0.378 e. The average Bonchev–Trinajstić information content (AvgIpc) is 3.22. The third-order valence-electron chi connectivity index (χ3n) is 3.94. The molecular weight excluding hydrogens is 324 g/mol. The van der Waals surface area contributed by atoms with Crippen molar-refractivity contribution in [2.45, 2.75) is 6.54 Å². The fourth-order valence-electron chi connectivity index (χ4n) is 2.67. The van der Waals surface area contributed by atoms with Crippen LogP contribution in [0, 0.1) is 0 Å². The first kappa shape index (κ1) is 14.7. The predicted octanol–water partition coefficient (Wildman–Crippen LogP) is 3.42. The molecule has 0 radical (unpaired) electrons. The SMILES string of the molecule is Cn1c(CNc2ccc(-n3cncn3)c(Cl)c2)nc2ccccc21. The van der Waals surface area contributed by atoms with E-state index in [4.69, 9.17) is 11.6 Å². The zero-order valence-electron chi connectivity index (χ0n) is 13.0. The number of benzene rings is 2. The van der Waals surface area contributed by atoms with E-state index in [1.54, 1.807) is 11.0 Å². The van der Waals surface area contributed by atoms with Crippen LogP contribution >= 0.6 is 11.6 Å². The molecule has 4 aromatic rings. The molecule has 0 atom stereocenters. The minimum atomic E-state index is 0.607. The van der Waals surface area contributed by atoms with Gasteiger partial charge < -0.3 is 9.88 Å². The summed E-state index contributed by atoms with van der Waals surface area (Å²) in [6, 6.07) is 13.8. The quantitative estimate of drug-likeness (QED) is 0.619. The Kier molecular flexibility index (Phi) is 3.66. The Hall–Kier alpha value is -2.86. The van der Waals surface area contributed by atoms with Gasteiger partial charge in [0.2, 0.25) is 0 Å². The second-order valence-electron chi connectivity index (χ2n) is 5.44. The number of hydrogen-bond donors (Lipinski definition) is 1. The van der Waals surface area contributed by atoms with Crippen LogP contribution in [-0.2, 0) is 13.6 Å². The molecule has 4 rings (SSSR count). The number of halogens is 1. The molecule has 0 amide bonds. The Morgan fingerprint density at radius 2 is 2.04 bits per heavy atom. The molecule has 2 heterocycles. The second kappa shape index (κ2) is 5.98. The molecule has 0 saturated carbocycles. The van der Waals surface area contributed by atoms with Crippen molar-refractivity contribution >= 4 is 28.3 Å². The first-order valence-corrected chi connectivity index (χ1v) is 7.89. The van der Waals surface area contributed by atoms with Crippen LogP contribution < -0.4 is 5.32 Å². The van der Waals surface area contributed by atoms with Crippen LogP contribution in [0.1, 0.15) is 5.82 Å². The molecule has 0 aliphatic carbocycles. The number of nitrogens with one attached hydrogen (secondary N) is 1. The van der Waals surface area contributed by atoms with Crippen LogP contribution in [0.25, 0.3) is 16.7 Å². The van der Waals surface area contributed by atoms with Crippen molar-refractivity contribution in [1.29, 1.82) is 0 Å². The maximum Gasteiger partial charge on any atom is 0.138 e. The van der Waals surface area contributed by atoms with E-state index in [9.17, 15) is 0 Å². The Balaban J connectivity index is 1.55. The number of para-hydroxylation sites is 2. The lowest BCUT2D eigenvalue weighted by molar-refractivity contribution is 0.834. The van der Waals surface area contributed by atoms with E-state index < -0.39 is 0 Å². The highest BCUT2D eigenvalue weighted by Crippen LogP contribution is 2.24. The van der Waals surface area contributed by atoms with E-state index in [0.29, 0.717) is 11.6 Å². The molecule has 0 aliphatic rings. The van der Waals surface area contributed by atoms with Gasteiger partial charge >= 0.3 is 0 Å². The molecule has 2 aromatic carbocycles. The summed E-state index contributed by atoms with van der Waals surface area (Å²) in [5, 5.41) is 8.06. The molecule has 0 bridgehead atoms. The van der Waals surface area contributed by atoms with Gasteiger partial charge in [-0.05, 0) is 30.3 Å². The maximum atomic E-state index is 6.35. The van der Waals surface area contributed by atoms with E-state index in [-0.39, 0.29) is 0 Å². The Morgan fingerprint density at radius 3 is 2.79 bits per heavy atom. The number of imidazole rings is 1. The first-order valence-electron chi connectivity index (χ1n) is 7.51. The Morgan fingerprint density at radius 1 is 1.17 bits per heavy atom. The third kappa shape index (κ3) is 2.61. The van der Waals surface area contributed by atoms with Gasteiger partial charge in [-0.15, -0.1) is 0 Å². The number of anilines is 1. The smallest absolute Gasteiger partial charge is 0.138 e. The van der Waals surface area contributed by atoms with Crippen LogP contribution in [-0.4, -0.2) is 24.3 Å². The molecule has 6 nitrogen and oxygen atoms in total. The molecule has 0 saturated heterocycles. The number of aromatic nitrogens is 5. The van der Waals surface area contributed by atoms with Crippen molar-refractivity contribution in [3.05, 3.63) is 66.0 Å². The van der Waals surface area contributed by atoms with Gasteiger partial charge in [-0.1, -0.05) is 23.7 Å². The summed E-state index contributed by atoms with van der Waals surface area (Å²) in [5.41, 5.74) is 3.84. The molecule has 1 N–H and O–H groups in total. The Bertz CT molecular complexity index is 990. The molecule has 0 aliphatic heterocycles. The van der Waals surface area contributed by atoms with Crippen LogP contribution in [0.4, 0.5) is 5.69 Å². The summed E-state index contributed by atoms with van der Waals surface area (Å²) in [6.45, 7) is 0.615. The lowest BCUT2D eigenvalue weighted by Gasteiger charge is -2.09. The van der Waals surface area contributed by atoms with Crippen molar-refractivity contribution < 1.29 is 0 Å². The average molecular weight is 339 g/mol. The lowest BCUT2D eigenvalue weighted by atomic mass is 10.2. The van der Waals surface area contributed by atoms with E-state index in [0.717, 1.165) is 28.2 Å². The molecule has 2 aromatic heterocycles. The van der Waals surface area contributed by atoms with Gasteiger partial charge in [-0.25, -0.2) is 14.6 Å². The normalized spacial score (nSPS) is 11.1. The van der Waals surface area contributed by atoms with E-state index >= 15 is 0 Å². The van der Waals surface area contributed by atoms with E-state index in [1.165, 1.54) is 6.33 Å². The lowest BCUT2D eigenvalue weighted by Crippen LogP contribution is -2.06. The van der Waals surface area contributed by atoms with Crippen molar-refractivity contribution in [3.8, 4) is 5.69 Å². The van der Waals surface area contributed by atoms with Gasteiger partial charge in [0.1, 0.15) is 18.5 Å². The first-order chi connectivity index (χ1) is 11.7. The van der Waals surface area contributed by atoms with Crippen molar-refractivity contribution in [1.82, 2.24) is 24.3 Å². The molecule has 0 unspecified atom stereocenters. The molecular formula is C17H15ClN6. The Labute approximate surface area is 143 Å². The monoisotopic (exact) mass is 338 g/mol. The summed E-state index contributed by atoms with van der Waals surface area (Å²) in [7, 11) is 2.02. The maximum absolute atomic E-state index is 6.35. The summed E-state index contributed by atoms with van der Waals surface area (Å²) in [5.74, 6) is 0.965. The van der Waals surface area contributed by atoms with E-state index in [1.807, 2.05) is 43.4 Å². The number of fused-ring (bicyclic) bond motifs is 1. The van der Waals surface area contributed by atoms with Gasteiger partial charge in [0, 0.05) is 12.7 Å². The van der Waals surface area contributed by atoms with Crippen molar-refractivity contribution in [3.63, 3.8) is 0 Å². The van der Waals surface area contributed by atoms with Crippen LogP contribution in [0.5, 0.6) is 0 Å². The minimum Gasteiger partial charge on any atom is -0.378 e. The summed E-state index contributed by atoms with van der Waals surface area (Å²) < 4.78 is 3.73. The van der Waals surface area contributed by atoms with E-state index in [2.05, 4.69) is 31.0 Å². The number of hydrogen-bond acceptors (Lipinski definition) is 4. The molecule has 120 valence electrons. The van der Waals surface area contributed by atoms with Crippen molar-refractivity contribution in [2.75, 3.05) is 5.32 Å². The molecule has 7 heteroatoms. The second-order valence-corrected chi connectivity index (χ2v) is 5.84. The predicted molar refractivity (Wildman–Crippen MR) is 94.4 cm³/mol. The zero-order chi connectivity index (χ0) is 16.5. The van der Waals surface area contributed by atoms with Crippen LogP contribution in [0.3, 0.4) is 0 Å². The van der Waals surface area contributed by atoms with Crippen LogP contribution in [0.15, 0.2) is 55.1 Å².